The molecule has 2 unspecified atom stereocenters. The lowest BCUT2D eigenvalue weighted by atomic mass is 10.2. The standard InChI is InChI=1S/C19H23ClN4O4S/c1-12-7-18(24(22-12)14-5-6-21-17(20)8-14)23-10-15(9-16(23)19(25)28-2)29(26,27)11-13-3-4-13/h5-8,13,15-16H,3-4,9-11H2,1-2H3. The highest BCUT2D eigenvalue weighted by Gasteiger charge is 2.45. The normalized spacial score (nSPS) is 22.1. The smallest absolute Gasteiger partial charge is 0.328 e. The molecule has 156 valence electrons. The summed E-state index contributed by atoms with van der Waals surface area (Å²) in [5, 5.41) is 4.22. The maximum Gasteiger partial charge on any atom is 0.328 e. The van der Waals surface area contributed by atoms with Crippen LogP contribution in [-0.2, 0) is 19.4 Å². The molecule has 8 nitrogen and oxygen atoms in total. The summed E-state index contributed by atoms with van der Waals surface area (Å²) in [6, 6.07) is 4.57. The van der Waals surface area contributed by atoms with Gasteiger partial charge in [-0.25, -0.2) is 22.9 Å². The third-order valence-corrected chi connectivity index (χ3v) is 7.97. The number of carbonyl (C=O) groups excluding carboxylic acids is 1. The first kappa shape index (κ1) is 20.2. The summed E-state index contributed by atoms with van der Waals surface area (Å²) in [6.07, 6.45) is 3.71. The van der Waals surface area contributed by atoms with Gasteiger partial charge in [-0.2, -0.15) is 5.10 Å². The van der Waals surface area contributed by atoms with E-state index < -0.39 is 27.1 Å². The molecule has 2 aliphatic rings. The molecular weight excluding hydrogens is 416 g/mol. The van der Waals surface area contributed by atoms with Crippen LogP contribution in [0.25, 0.3) is 5.69 Å². The highest BCUT2D eigenvalue weighted by molar-refractivity contribution is 7.92. The predicted octanol–water partition coefficient (Wildman–Crippen LogP) is 2.17. The number of esters is 1. The lowest BCUT2D eigenvalue weighted by Gasteiger charge is -2.25. The van der Waals surface area contributed by atoms with E-state index >= 15 is 0 Å². The van der Waals surface area contributed by atoms with Crippen LogP contribution in [0, 0.1) is 12.8 Å². The Labute approximate surface area is 174 Å². The van der Waals surface area contributed by atoms with Crippen LogP contribution in [0.4, 0.5) is 5.82 Å². The fourth-order valence-electron chi connectivity index (χ4n) is 3.82. The van der Waals surface area contributed by atoms with Crippen molar-refractivity contribution in [3.63, 3.8) is 0 Å². The van der Waals surface area contributed by atoms with Crippen LogP contribution in [-0.4, -0.2) is 59.9 Å². The maximum absolute atomic E-state index is 12.9. The van der Waals surface area contributed by atoms with Gasteiger partial charge in [0, 0.05) is 24.9 Å². The Bertz CT molecular complexity index is 1030. The van der Waals surface area contributed by atoms with Crippen molar-refractivity contribution < 1.29 is 17.9 Å². The SMILES string of the molecule is COC(=O)C1CC(S(=O)(=O)CC2CC2)CN1c1cc(C)nn1-c1ccnc(Cl)c1. The molecule has 0 bridgehead atoms. The first-order valence-electron chi connectivity index (χ1n) is 9.53. The minimum absolute atomic E-state index is 0.192. The van der Waals surface area contributed by atoms with E-state index in [0.29, 0.717) is 16.7 Å². The lowest BCUT2D eigenvalue weighted by Crippen LogP contribution is -2.38. The van der Waals surface area contributed by atoms with Crippen molar-refractivity contribution in [3.05, 3.63) is 35.2 Å². The lowest BCUT2D eigenvalue weighted by molar-refractivity contribution is -0.141. The number of sulfone groups is 1. The Kier molecular flexibility index (Phi) is 5.29. The van der Waals surface area contributed by atoms with E-state index in [4.69, 9.17) is 16.3 Å². The van der Waals surface area contributed by atoms with Gasteiger partial charge in [0.1, 0.15) is 17.0 Å². The van der Waals surface area contributed by atoms with Crippen LogP contribution in [0.3, 0.4) is 0 Å². The van der Waals surface area contributed by atoms with Crippen molar-refractivity contribution in [2.24, 2.45) is 5.92 Å². The number of pyridine rings is 1. The molecule has 2 atom stereocenters. The number of hydrogen-bond donors (Lipinski definition) is 0. The molecule has 0 N–H and O–H groups in total. The highest BCUT2D eigenvalue weighted by atomic mass is 35.5. The van der Waals surface area contributed by atoms with E-state index in [2.05, 4.69) is 10.1 Å². The average molecular weight is 439 g/mol. The summed E-state index contributed by atoms with van der Waals surface area (Å²) >= 11 is 6.03. The summed E-state index contributed by atoms with van der Waals surface area (Å²) in [4.78, 5) is 18.3. The van der Waals surface area contributed by atoms with E-state index in [0.717, 1.165) is 18.5 Å². The number of rotatable bonds is 6. The molecule has 1 saturated carbocycles. The zero-order valence-electron chi connectivity index (χ0n) is 16.3. The largest absolute Gasteiger partial charge is 0.467 e. The second-order valence-corrected chi connectivity index (χ2v) is 10.4. The van der Waals surface area contributed by atoms with E-state index in [1.165, 1.54) is 7.11 Å². The van der Waals surface area contributed by atoms with E-state index in [1.54, 1.807) is 27.9 Å². The van der Waals surface area contributed by atoms with Crippen molar-refractivity contribution in [1.82, 2.24) is 14.8 Å². The number of ether oxygens (including phenoxy) is 1. The number of aryl methyl sites for hydroxylation is 1. The van der Waals surface area contributed by atoms with E-state index in [-0.39, 0.29) is 24.6 Å². The van der Waals surface area contributed by atoms with Gasteiger partial charge in [-0.3, -0.25) is 0 Å². The Morgan fingerprint density at radius 2 is 2.10 bits per heavy atom. The Morgan fingerprint density at radius 3 is 2.76 bits per heavy atom. The van der Waals surface area contributed by atoms with Crippen LogP contribution in [0.5, 0.6) is 0 Å². The second-order valence-electron chi connectivity index (χ2n) is 7.71. The zero-order valence-corrected chi connectivity index (χ0v) is 17.9. The minimum Gasteiger partial charge on any atom is -0.467 e. The molecule has 3 heterocycles. The van der Waals surface area contributed by atoms with Crippen molar-refractivity contribution in [2.75, 3.05) is 24.3 Å². The van der Waals surface area contributed by atoms with Crippen molar-refractivity contribution in [1.29, 1.82) is 0 Å². The van der Waals surface area contributed by atoms with Crippen LogP contribution in [0.15, 0.2) is 24.4 Å². The highest BCUT2D eigenvalue weighted by Crippen LogP contribution is 2.36. The molecule has 0 radical (unpaired) electrons. The summed E-state index contributed by atoms with van der Waals surface area (Å²) in [6.45, 7) is 2.06. The van der Waals surface area contributed by atoms with E-state index in [1.807, 2.05) is 13.0 Å². The van der Waals surface area contributed by atoms with Gasteiger partial charge >= 0.3 is 5.97 Å². The van der Waals surface area contributed by atoms with Crippen LogP contribution < -0.4 is 4.90 Å². The molecule has 2 aromatic heterocycles. The van der Waals surface area contributed by atoms with Crippen LogP contribution in [0.1, 0.15) is 25.0 Å². The molecule has 0 aromatic carbocycles. The van der Waals surface area contributed by atoms with Crippen LogP contribution >= 0.6 is 11.6 Å². The molecule has 29 heavy (non-hydrogen) atoms. The van der Waals surface area contributed by atoms with Crippen molar-refractivity contribution in [3.8, 4) is 5.69 Å². The van der Waals surface area contributed by atoms with Crippen LogP contribution in [0.2, 0.25) is 5.15 Å². The molecule has 2 fully saturated rings. The first-order chi connectivity index (χ1) is 13.8. The van der Waals surface area contributed by atoms with Gasteiger partial charge < -0.3 is 9.64 Å². The summed E-state index contributed by atoms with van der Waals surface area (Å²) in [5.74, 6) is 0.631. The number of aromatic nitrogens is 3. The average Bonchev–Trinajstić information content (AvgIpc) is 3.21. The topological polar surface area (TPSA) is 94.4 Å². The minimum atomic E-state index is -3.30. The van der Waals surface area contributed by atoms with Crippen molar-refractivity contribution >= 4 is 33.2 Å². The number of anilines is 1. The predicted molar refractivity (Wildman–Crippen MR) is 109 cm³/mol. The fourth-order valence-corrected chi connectivity index (χ4v) is 6.12. The third kappa shape index (κ3) is 4.11. The Morgan fingerprint density at radius 1 is 1.34 bits per heavy atom. The molecule has 1 saturated heterocycles. The fraction of sp³-hybridized carbons (Fsp3) is 0.526. The molecule has 2 aromatic rings. The molecular formula is C19H23ClN4O4S. The molecule has 0 spiro atoms. The monoisotopic (exact) mass is 438 g/mol. The first-order valence-corrected chi connectivity index (χ1v) is 11.6. The zero-order chi connectivity index (χ0) is 20.8. The summed E-state index contributed by atoms with van der Waals surface area (Å²) in [7, 11) is -1.98. The van der Waals surface area contributed by atoms with Gasteiger partial charge in [0.25, 0.3) is 0 Å². The summed E-state index contributed by atoms with van der Waals surface area (Å²) < 4.78 is 32.4. The number of carbonyl (C=O) groups is 1. The Hall–Kier alpha value is -2.13. The number of hydrogen-bond acceptors (Lipinski definition) is 7. The summed E-state index contributed by atoms with van der Waals surface area (Å²) in [5.41, 5.74) is 1.42. The molecule has 10 heteroatoms. The number of nitrogens with zero attached hydrogens (tertiary/aromatic N) is 4. The second kappa shape index (κ2) is 7.60. The van der Waals surface area contributed by atoms with Gasteiger partial charge in [0.15, 0.2) is 9.84 Å². The maximum atomic E-state index is 12.9. The number of methoxy groups -OCH3 is 1. The Balaban J connectivity index is 1.71. The molecule has 0 amide bonds. The van der Waals surface area contributed by atoms with Gasteiger partial charge in [-0.1, -0.05) is 11.6 Å². The quantitative estimate of drug-likeness (QED) is 0.503. The van der Waals surface area contributed by atoms with Gasteiger partial charge in [0.2, 0.25) is 0 Å². The van der Waals surface area contributed by atoms with Crippen molar-refractivity contribution in [2.45, 2.75) is 37.5 Å². The molecule has 1 aliphatic carbocycles. The molecule has 4 rings (SSSR count). The third-order valence-electron chi connectivity index (χ3n) is 5.47. The number of halogens is 1. The van der Waals surface area contributed by atoms with Gasteiger partial charge in [0.05, 0.1) is 29.5 Å². The molecule has 1 aliphatic heterocycles. The van der Waals surface area contributed by atoms with Gasteiger partial charge in [-0.05, 0) is 38.2 Å². The van der Waals surface area contributed by atoms with E-state index in [9.17, 15) is 13.2 Å². The van der Waals surface area contributed by atoms with Gasteiger partial charge in [-0.15, -0.1) is 0 Å².